The van der Waals surface area contributed by atoms with Crippen LogP contribution < -0.4 is 5.32 Å². The molecule has 0 saturated heterocycles. The first kappa shape index (κ1) is 24.5. The van der Waals surface area contributed by atoms with E-state index in [2.05, 4.69) is 5.32 Å². The average Bonchev–Trinajstić information content (AvgIpc) is 2.88. The molecule has 35 heavy (non-hydrogen) atoms. The van der Waals surface area contributed by atoms with Crippen molar-refractivity contribution < 1.29 is 32.5 Å². The third-order valence-corrected chi connectivity index (χ3v) is 5.62. The molecule has 2 atom stereocenters. The molecule has 1 heterocycles. The van der Waals surface area contributed by atoms with Crippen LogP contribution in [0.4, 0.5) is 18.9 Å². The van der Waals surface area contributed by atoms with Crippen LogP contribution in [0.2, 0.25) is 0 Å². The molecule has 2 N–H and O–H groups in total. The Morgan fingerprint density at radius 2 is 1.63 bits per heavy atom. The number of hydrogen-bond acceptors (Lipinski definition) is 4. The van der Waals surface area contributed by atoms with Crippen LogP contribution in [0.3, 0.4) is 0 Å². The molecule has 4 rings (SSSR count). The number of alkyl halides is 3. The van der Waals surface area contributed by atoms with E-state index in [0.717, 1.165) is 23.3 Å². The highest BCUT2D eigenvalue weighted by atomic mass is 19.4. The molecule has 5 nitrogen and oxygen atoms in total. The Balaban J connectivity index is 1.53. The first-order valence-electron chi connectivity index (χ1n) is 11.0. The number of aliphatic hydroxyl groups is 1. The predicted octanol–water partition coefficient (Wildman–Crippen LogP) is 5.77. The standard InChI is InChI=1S/C27H24F3NO4/c28-27(29,30)22-12-10-20(11-13-22)21-14-24(26(33)31-23-4-2-1-3-5-23)35-25(15-21)34-17-19-8-6-18(16-32)7-9-19/h1-14,21,25,32H,15-17H2,(H,31,33)/t21-,25+/m0/s1. The van der Waals surface area contributed by atoms with Gasteiger partial charge in [-0.25, -0.2) is 0 Å². The number of carbonyl (C=O) groups is 1. The van der Waals surface area contributed by atoms with Gasteiger partial charge in [0.15, 0.2) is 5.76 Å². The lowest BCUT2D eigenvalue weighted by Crippen LogP contribution is -2.29. The van der Waals surface area contributed by atoms with Gasteiger partial charge >= 0.3 is 6.18 Å². The highest BCUT2D eigenvalue weighted by Gasteiger charge is 2.32. The summed E-state index contributed by atoms with van der Waals surface area (Å²) in [4.78, 5) is 12.9. The van der Waals surface area contributed by atoms with Crippen LogP contribution in [0.1, 0.15) is 34.6 Å². The van der Waals surface area contributed by atoms with Gasteiger partial charge in [-0.3, -0.25) is 4.79 Å². The number of amides is 1. The van der Waals surface area contributed by atoms with Crippen LogP contribution >= 0.6 is 0 Å². The average molecular weight is 483 g/mol. The minimum absolute atomic E-state index is 0.0330. The maximum atomic E-state index is 13.0. The van der Waals surface area contributed by atoms with Gasteiger partial charge < -0.3 is 19.9 Å². The summed E-state index contributed by atoms with van der Waals surface area (Å²) >= 11 is 0. The number of allylic oxidation sites excluding steroid dienone is 1. The smallest absolute Gasteiger partial charge is 0.416 e. The maximum absolute atomic E-state index is 13.0. The molecule has 3 aromatic rings. The van der Waals surface area contributed by atoms with E-state index in [9.17, 15) is 23.1 Å². The van der Waals surface area contributed by atoms with E-state index in [-0.39, 0.29) is 24.9 Å². The third kappa shape index (κ3) is 6.49. The van der Waals surface area contributed by atoms with E-state index in [0.29, 0.717) is 17.7 Å². The second kappa shape index (κ2) is 10.8. The second-order valence-electron chi connectivity index (χ2n) is 8.15. The molecule has 0 saturated carbocycles. The summed E-state index contributed by atoms with van der Waals surface area (Å²) in [6, 6.07) is 20.9. The summed E-state index contributed by atoms with van der Waals surface area (Å²) in [6.07, 6.45) is -3.29. The molecule has 1 aliphatic heterocycles. The summed E-state index contributed by atoms with van der Waals surface area (Å²) in [5, 5.41) is 11.9. The number of anilines is 1. The van der Waals surface area contributed by atoms with Crippen LogP contribution in [0.5, 0.6) is 0 Å². The Labute approximate surface area is 200 Å². The molecular weight excluding hydrogens is 459 g/mol. The molecule has 0 radical (unpaired) electrons. The number of nitrogens with one attached hydrogen (secondary N) is 1. The minimum atomic E-state index is -4.43. The molecule has 0 fully saturated rings. The molecule has 0 aliphatic carbocycles. The van der Waals surface area contributed by atoms with Crippen molar-refractivity contribution in [3.63, 3.8) is 0 Å². The van der Waals surface area contributed by atoms with Crippen molar-refractivity contribution in [3.05, 3.63) is 113 Å². The first-order chi connectivity index (χ1) is 16.8. The summed E-state index contributed by atoms with van der Waals surface area (Å²) in [6.45, 7) is 0.135. The number of rotatable bonds is 7. The lowest BCUT2D eigenvalue weighted by atomic mass is 9.92. The molecule has 182 valence electrons. The van der Waals surface area contributed by atoms with Crippen molar-refractivity contribution in [1.82, 2.24) is 0 Å². The van der Waals surface area contributed by atoms with Gasteiger partial charge in [0.1, 0.15) is 0 Å². The number of aliphatic hydroxyl groups excluding tert-OH is 1. The normalized spacial score (nSPS) is 17.9. The summed E-state index contributed by atoms with van der Waals surface area (Å²) in [5.74, 6) is -0.830. The zero-order valence-electron chi connectivity index (χ0n) is 18.7. The van der Waals surface area contributed by atoms with Crippen molar-refractivity contribution in [2.45, 2.75) is 38.0 Å². The Kier molecular flexibility index (Phi) is 7.53. The summed E-state index contributed by atoms with van der Waals surface area (Å²) in [5.41, 5.74) is 2.08. The lowest BCUT2D eigenvalue weighted by Gasteiger charge is -2.29. The molecule has 1 aliphatic rings. The molecule has 1 amide bonds. The van der Waals surface area contributed by atoms with Crippen molar-refractivity contribution in [3.8, 4) is 0 Å². The van der Waals surface area contributed by atoms with Crippen molar-refractivity contribution in [2.75, 3.05) is 5.32 Å². The van der Waals surface area contributed by atoms with Crippen molar-refractivity contribution in [2.24, 2.45) is 0 Å². The number of benzene rings is 3. The third-order valence-electron chi connectivity index (χ3n) is 5.62. The number of para-hydroxylation sites is 1. The Morgan fingerprint density at radius 3 is 2.26 bits per heavy atom. The van der Waals surface area contributed by atoms with Gasteiger partial charge in [-0.1, -0.05) is 54.6 Å². The van der Waals surface area contributed by atoms with Crippen molar-refractivity contribution >= 4 is 11.6 Å². The fraction of sp³-hybridized carbons (Fsp3) is 0.222. The monoisotopic (exact) mass is 483 g/mol. The van der Waals surface area contributed by atoms with Gasteiger partial charge in [0.05, 0.1) is 18.8 Å². The van der Waals surface area contributed by atoms with E-state index < -0.39 is 23.9 Å². The van der Waals surface area contributed by atoms with Crippen molar-refractivity contribution in [1.29, 1.82) is 0 Å². The van der Waals surface area contributed by atoms with Crippen LogP contribution in [0.15, 0.2) is 90.7 Å². The van der Waals surface area contributed by atoms with Gasteiger partial charge in [0.2, 0.25) is 6.29 Å². The summed E-state index contributed by atoms with van der Waals surface area (Å²) < 4.78 is 50.7. The second-order valence-corrected chi connectivity index (χ2v) is 8.15. The Hall–Kier alpha value is -3.62. The van der Waals surface area contributed by atoms with Crippen LogP contribution in [-0.2, 0) is 33.7 Å². The number of ether oxygens (including phenoxy) is 2. The lowest BCUT2D eigenvalue weighted by molar-refractivity contribution is -0.147. The molecule has 0 spiro atoms. The fourth-order valence-electron chi connectivity index (χ4n) is 3.71. The maximum Gasteiger partial charge on any atom is 0.416 e. The molecule has 0 aromatic heterocycles. The highest BCUT2D eigenvalue weighted by Crippen LogP contribution is 2.35. The Bertz CT molecular complexity index is 1160. The van der Waals surface area contributed by atoms with E-state index in [1.54, 1.807) is 42.5 Å². The quantitative estimate of drug-likeness (QED) is 0.448. The molecule has 3 aromatic carbocycles. The number of carbonyl (C=O) groups excluding carboxylic acids is 1. The van der Waals surface area contributed by atoms with E-state index in [1.807, 2.05) is 18.2 Å². The molecule has 0 bridgehead atoms. The van der Waals surface area contributed by atoms with Gasteiger partial charge in [0, 0.05) is 18.0 Å². The largest absolute Gasteiger partial charge is 0.459 e. The van der Waals surface area contributed by atoms with Gasteiger partial charge in [-0.2, -0.15) is 13.2 Å². The van der Waals surface area contributed by atoms with Crippen LogP contribution in [0.25, 0.3) is 0 Å². The van der Waals surface area contributed by atoms with Crippen LogP contribution in [0, 0.1) is 0 Å². The molecule has 0 unspecified atom stereocenters. The zero-order chi connectivity index (χ0) is 24.8. The minimum Gasteiger partial charge on any atom is -0.459 e. The molecule has 8 heteroatoms. The number of hydrogen-bond donors (Lipinski definition) is 2. The van der Waals surface area contributed by atoms with Crippen LogP contribution in [-0.4, -0.2) is 17.3 Å². The van der Waals surface area contributed by atoms with Gasteiger partial charge in [0.25, 0.3) is 5.91 Å². The van der Waals surface area contributed by atoms with E-state index in [1.165, 1.54) is 12.1 Å². The fourth-order valence-corrected chi connectivity index (χ4v) is 3.71. The topological polar surface area (TPSA) is 67.8 Å². The zero-order valence-corrected chi connectivity index (χ0v) is 18.7. The Morgan fingerprint density at radius 1 is 0.971 bits per heavy atom. The van der Waals surface area contributed by atoms with E-state index >= 15 is 0 Å². The first-order valence-corrected chi connectivity index (χ1v) is 11.0. The predicted molar refractivity (Wildman–Crippen MR) is 124 cm³/mol. The number of halogens is 3. The van der Waals surface area contributed by atoms with Gasteiger partial charge in [-0.05, 0) is 47.0 Å². The summed E-state index contributed by atoms with van der Waals surface area (Å²) in [7, 11) is 0. The SMILES string of the molecule is O=C(Nc1ccccc1)C1=C[C@H](c2ccc(C(F)(F)F)cc2)C[C@H](OCc2ccc(CO)cc2)O1. The molecular formula is C27H24F3NO4. The highest BCUT2D eigenvalue weighted by molar-refractivity contribution is 6.02. The van der Waals surface area contributed by atoms with Gasteiger partial charge in [-0.15, -0.1) is 0 Å². The van der Waals surface area contributed by atoms with E-state index in [4.69, 9.17) is 9.47 Å².